The molecule has 2 fully saturated rings. The van der Waals surface area contributed by atoms with E-state index in [0.717, 1.165) is 38.8 Å². The normalized spacial score (nSPS) is 30.0. The molecule has 1 saturated carbocycles. The van der Waals surface area contributed by atoms with Gasteiger partial charge in [-0.05, 0) is 68.7 Å². The lowest BCUT2D eigenvalue weighted by Gasteiger charge is -2.46. The van der Waals surface area contributed by atoms with E-state index >= 15 is 0 Å². The van der Waals surface area contributed by atoms with Crippen LogP contribution in [0.1, 0.15) is 95.6 Å². The molecule has 168 valence electrons. The molecular weight excluding hydrogens is 384 g/mol. The van der Waals surface area contributed by atoms with Gasteiger partial charge in [-0.3, -0.25) is 9.67 Å². The number of nitrogens with one attached hydrogen (secondary N) is 1. The summed E-state index contributed by atoms with van der Waals surface area (Å²) in [7, 11) is 0. The van der Waals surface area contributed by atoms with Gasteiger partial charge in [-0.1, -0.05) is 39.7 Å². The molecule has 3 aliphatic rings. The molecule has 1 spiro atoms. The standard InChI is InChI=1S/C26H38N4O/c1-24(2,3)23-18-20(21-9-15-29-30(21)23)27-16-12-25(22-8-4-7-14-28-22)13-17-31-26(19-25)10-5-6-11-26/h4,7-9,14-15,20,23,27H,5-6,10-13,16-19H2,1-3H3/t20-,23-,25-/m1/s1. The van der Waals surface area contributed by atoms with E-state index < -0.39 is 0 Å². The number of ether oxygens (including phenoxy) is 1. The number of nitrogens with zero attached hydrogens (tertiary/aromatic N) is 3. The number of pyridine rings is 1. The van der Waals surface area contributed by atoms with Gasteiger partial charge in [-0.15, -0.1) is 0 Å². The van der Waals surface area contributed by atoms with Crippen molar-refractivity contribution in [1.29, 1.82) is 0 Å². The van der Waals surface area contributed by atoms with Crippen LogP contribution in [-0.2, 0) is 10.2 Å². The molecule has 1 aliphatic carbocycles. The molecular formula is C26H38N4O. The van der Waals surface area contributed by atoms with E-state index in [1.807, 2.05) is 18.5 Å². The zero-order valence-electron chi connectivity index (χ0n) is 19.4. The molecule has 3 atom stereocenters. The molecule has 1 saturated heterocycles. The molecule has 2 aromatic heterocycles. The third kappa shape index (κ3) is 3.95. The average Bonchev–Trinajstić information content (AvgIpc) is 3.47. The van der Waals surface area contributed by atoms with Gasteiger partial charge in [0.25, 0.3) is 0 Å². The summed E-state index contributed by atoms with van der Waals surface area (Å²) in [5, 5.41) is 8.57. The van der Waals surface area contributed by atoms with E-state index in [2.05, 4.69) is 54.1 Å². The third-order valence-corrected chi connectivity index (χ3v) is 8.18. The number of aromatic nitrogens is 3. The highest BCUT2D eigenvalue weighted by Crippen LogP contribution is 2.50. The van der Waals surface area contributed by atoms with Crippen LogP contribution >= 0.6 is 0 Å². The Balaban J connectivity index is 1.32. The molecule has 5 nitrogen and oxygen atoms in total. The van der Waals surface area contributed by atoms with E-state index in [4.69, 9.17) is 9.72 Å². The fraction of sp³-hybridized carbons (Fsp3) is 0.692. The van der Waals surface area contributed by atoms with Crippen LogP contribution in [0, 0.1) is 5.41 Å². The number of hydrogen-bond acceptors (Lipinski definition) is 4. The zero-order chi connectivity index (χ0) is 21.5. The maximum atomic E-state index is 6.41. The lowest BCUT2D eigenvalue weighted by molar-refractivity contribution is -0.104. The highest BCUT2D eigenvalue weighted by Gasteiger charge is 2.48. The number of fused-ring (bicyclic) bond motifs is 1. The molecule has 5 heteroatoms. The second-order valence-electron chi connectivity index (χ2n) is 11.2. The summed E-state index contributed by atoms with van der Waals surface area (Å²) in [5.74, 6) is 0. The maximum absolute atomic E-state index is 6.41. The predicted octanol–water partition coefficient (Wildman–Crippen LogP) is 5.35. The van der Waals surface area contributed by atoms with Crippen LogP contribution in [-0.4, -0.2) is 33.5 Å². The van der Waals surface area contributed by atoms with Gasteiger partial charge in [-0.25, -0.2) is 0 Å². The molecule has 0 unspecified atom stereocenters. The van der Waals surface area contributed by atoms with Crippen molar-refractivity contribution < 1.29 is 4.74 Å². The van der Waals surface area contributed by atoms with E-state index in [0.29, 0.717) is 12.1 Å². The molecule has 0 bridgehead atoms. The summed E-state index contributed by atoms with van der Waals surface area (Å²) >= 11 is 0. The maximum Gasteiger partial charge on any atom is 0.0691 e. The van der Waals surface area contributed by atoms with E-state index in [1.165, 1.54) is 37.1 Å². The summed E-state index contributed by atoms with van der Waals surface area (Å²) in [6, 6.07) is 9.45. The van der Waals surface area contributed by atoms with Crippen molar-refractivity contribution in [2.75, 3.05) is 13.2 Å². The molecule has 2 aliphatic heterocycles. The van der Waals surface area contributed by atoms with Gasteiger partial charge >= 0.3 is 0 Å². The summed E-state index contributed by atoms with van der Waals surface area (Å²) in [4.78, 5) is 4.85. The van der Waals surface area contributed by atoms with Crippen molar-refractivity contribution >= 4 is 0 Å². The van der Waals surface area contributed by atoms with Gasteiger partial charge in [0, 0.05) is 30.1 Å². The predicted molar refractivity (Wildman–Crippen MR) is 123 cm³/mol. The van der Waals surface area contributed by atoms with Crippen LogP contribution in [0.3, 0.4) is 0 Å². The second-order valence-corrected chi connectivity index (χ2v) is 11.2. The monoisotopic (exact) mass is 422 g/mol. The van der Waals surface area contributed by atoms with Crippen LogP contribution < -0.4 is 5.32 Å². The largest absolute Gasteiger partial charge is 0.375 e. The highest BCUT2D eigenvalue weighted by atomic mass is 16.5. The quantitative estimate of drug-likeness (QED) is 0.706. The topological polar surface area (TPSA) is 52.0 Å². The Morgan fingerprint density at radius 2 is 1.97 bits per heavy atom. The third-order valence-electron chi connectivity index (χ3n) is 8.18. The minimum atomic E-state index is 0.0824. The number of rotatable bonds is 5. The first-order valence-electron chi connectivity index (χ1n) is 12.2. The molecule has 31 heavy (non-hydrogen) atoms. The Morgan fingerprint density at radius 1 is 1.13 bits per heavy atom. The van der Waals surface area contributed by atoms with Crippen molar-refractivity contribution in [3.8, 4) is 0 Å². The van der Waals surface area contributed by atoms with Crippen molar-refractivity contribution in [3.63, 3.8) is 0 Å². The minimum absolute atomic E-state index is 0.0824. The van der Waals surface area contributed by atoms with Crippen molar-refractivity contribution in [2.45, 2.75) is 95.2 Å². The molecule has 0 amide bonds. The van der Waals surface area contributed by atoms with Gasteiger partial charge in [0.2, 0.25) is 0 Å². The molecule has 2 aromatic rings. The zero-order valence-corrected chi connectivity index (χ0v) is 19.4. The van der Waals surface area contributed by atoms with Crippen molar-refractivity contribution in [2.24, 2.45) is 5.41 Å². The second kappa shape index (κ2) is 8.00. The van der Waals surface area contributed by atoms with Gasteiger partial charge in [0.15, 0.2) is 0 Å². The van der Waals surface area contributed by atoms with Gasteiger partial charge in [0.1, 0.15) is 0 Å². The first kappa shape index (κ1) is 21.1. The van der Waals surface area contributed by atoms with Gasteiger partial charge < -0.3 is 10.1 Å². The van der Waals surface area contributed by atoms with Crippen LogP contribution in [0.5, 0.6) is 0 Å². The Labute approximate surface area is 187 Å². The van der Waals surface area contributed by atoms with Gasteiger partial charge in [0.05, 0.1) is 23.4 Å². The first-order valence-corrected chi connectivity index (χ1v) is 12.2. The highest BCUT2D eigenvalue weighted by molar-refractivity contribution is 5.21. The fourth-order valence-electron chi connectivity index (χ4n) is 6.49. The summed E-state index contributed by atoms with van der Waals surface area (Å²) in [5.41, 5.74) is 3.00. The minimum Gasteiger partial charge on any atom is -0.375 e. The summed E-state index contributed by atoms with van der Waals surface area (Å²) < 4.78 is 8.67. The molecule has 4 heterocycles. The van der Waals surface area contributed by atoms with Crippen LogP contribution in [0.4, 0.5) is 0 Å². The Morgan fingerprint density at radius 3 is 2.71 bits per heavy atom. The van der Waals surface area contributed by atoms with Crippen molar-refractivity contribution in [1.82, 2.24) is 20.1 Å². The Bertz CT molecular complexity index is 880. The lowest BCUT2D eigenvalue weighted by atomic mass is 9.68. The van der Waals surface area contributed by atoms with Crippen LogP contribution in [0.25, 0.3) is 0 Å². The van der Waals surface area contributed by atoms with Gasteiger partial charge in [-0.2, -0.15) is 5.10 Å². The van der Waals surface area contributed by atoms with E-state index in [-0.39, 0.29) is 16.4 Å². The van der Waals surface area contributed by atoms with Crippen LogP contribution in [0.2, 0.25) is 0 Å². The van der Waals surface area contributed by atoms with E-state index in [9.17, 15) is 0 Å². The summed E-state index contributed by atoms with van der Waals surface area (Å²) in [6.45, 7) is 8.83. The van der Waals surface area contributed by atoms with E-state index in [1.54, 1.807) is 0 Å². The molecule has 0 aromatic carbocycles. The molecule has 1 N–H and O–H groups in total. The SMILES string of the molecule is CC(C)(C)[C@H]1C[C@@H](NCC[C@@]2(c3ccccn3)CCOC3(CCCC3)C2)c2ccnn21. The van der Waals surface area contributed by atoms with Crippen LogP contribution in [0.15, 0.2) is 36.7 Å². The molecule has 5 rings (SSSR count). The Kier molecular flexibility index (Phi) is 5.46. The smallest absolute Gasteiger partial charge is 0.0691 e. The lowest BCUT2D eigenvalue weighted by Crippen LogP contribution is -2.47. The average molecular weight is 423 g/mol. The summed E-state index contributed by atoms with van der Waals surface area (Å²) in [6.07, 6.45) is 13.4. The fourth-order valence-corrected chi connectivity index (χ4v) is 6.49. The van der Waals surface area contributed by atoms with Crippen molar-refractivity contribution in [3.05, 3.63) is 48.0 Å². The molecule has 0 radical (unpaired) electrons. The Hall–Kier alpha value is -1.72. The number of hydrogen-bond donors (Lipinski definition) is 1. The first-order chi connectivity index (χ1) is 14.9.